The molecule has 1 atom stereocenters. The van der Waals surface area contributed by atoms with Gasteiger partial charge in [0.1, 0.15) is 11.3 Å². The third kappa shape index (κ3) is 2.66. The summed E-state index contributed by atoms with van der Waals surface area (Å²) in [6.45, 7) is 4.88. The van der Waals surface area contributed by atoms with Gasteiger partial charge in [-0.2, -0.15) is 0 Å². The molecule has 108 valence electrons. The first-order valence-electron chi connectivity index (χ1n) is 7.22. The summed E-state index contributed by atoms with van der Waals surface area (Å²) in [6.07, 6.45) is 2.82. The van der Waals surface area contributed by atoms with Gasteiger partial charge in [0, 0.05) is 6.20 Å². The molecule has 0 N–H and O–H groups in total. The van der Waals surface area contributed by atoms with Crippen LogP contribution in [0.3, 0.4) is 0 Å². The van der Waals surface area contributed by atoms with E-state index in [0.29, 0.717) is 0 Å². The molecule has 3 aromatic rings. The number of hydrogen-bond acceptors (Lipinski definition) is 2. The van der Waals surface area contributed by atoms with Crippen LogP contribution in [-0.2, 0) is 13.0 Å². The van der Waals surface area contributed by atoms with Crippen LogP contribution in [0, 0.1) is 0 Å². The molecular weight excluding hydrogens is 282 g/mol. The molecule has 0 bridgehead atoms. The highest BCUT2D eigenvalue weighted by atomic mass is 35.5. The molecule has 1 aromatic carbocycles. The minimum absolute atomic E-state index is 0.145. The average molecular weight is 300 g/mol. The maximum atomic E-state index is 6.31. The molecule has 0 aliphatic heterocycles. The van der Waals surface area contributed by atoms with Crippen molar-refractivity contribution in [3.8, 4) is 0 Å². The molecule has 0 spiro atoms. The monoisotopic (exact) mass is 299 g/mol. The van der Waals surface area contributed by atoms with E-state index in [2.05, 4.69) is 45.7 Å². The Bertz CT molecular complexity index is 762. The van der Waals surface area contributed by atoms with Crippen LogP contribution in [0.2, 0.25) is 0 Å². The van der Waals surface area contributed by atoms with Gasteiger partial charge in [-0.25, -0.2) is 9.97 Å². The summed E-state index contributed by atoms with van der Waals surface area (Å²) in [6, 6.07) is 12.4. The van der Waals surface area contributed by atoms with Gasteiger partial charge < -0.3 is 4.57 Å². The molecular formula is C17H18ClN3. The predicted octanol–water partition coefficient (Wildman–Crippen LogP) is 4.34. The van der Waals surface area contributed by atoms with E-state index in [1.54, 1.807) is 6.20 Å². The highest BCUT2D eigenvalue weighted by Gasteiger charge is 2.16. The maximum Gasteiger partial charge on any atom is 0.160 e. The first-order valence-corrected chi connectivity index (χ1v) is 7.66. The molecule has 0 saturated carbocycles. The van der Waals surface area contributed by atoms with Crippen LogP contribution in [0.1, 0.15) is 36.2 Å². The van der Waals surface area contributed by atoms with Crippen molar-refractivity contribution in [1.82, 2.24) is 14.5 Å². The van der Waals surface area contributed by atoms with Gasteiger partial charge in [0.05, 0.1) is 11.9 Å². The SMILES string of the molecule is CCc1ccccc1Cn1c(C(C)Cl)nc2cccnc21. The van der Waals surface area contributed by atoms with Crippen LogP contribution in [0.25, 0.3) is 11.2 Å². The molecule has 0 radical (unpaired) electrons. The Labute approximate surface area is 129 Å². The number of aryl methyl sites for hydroxylation is 1. The Hall–Kier alpha value is -1.87. The third-order valence-electron chi connectivity index (χ3n) is 3.72. The Morgan fingerprint density at radius 2 is 1.90 bits per heavy atom. The second-order valence-electron chi connectivity index (χ2n) is 5.14. The van der Waals surface area contributed by atoms with Gasteiger partial charge >= 0.3 is 0 Å². The fourth-order valence-electron chi connectivity index (χ4n) is 2.66. The van der Waals surface area contributed by atoms with Crippen molar-refractivity contribution in [1.29, 1.82) is 0 Å². The maximum absolute atomic E-state index is 6.31. The molecule has 0 amide bonds. The molecule has 1 unspecified atom stereocenters. The quantitative estimate of drug-likeness (QED) is 0.671. The van der Waals surface area contributed by atoms with Crippen molar-refractivity contribution in [2.45, 2.75) is 32.2 Å². The average Bonchev–Trinajstić information content (AvgIpc) is 2.87. The van der Waals surface area contributed by atoms with E-state index >= 15 is 0 Å². The number of benzene rings is 1. The number of pyridine rings is 1. The van der Waals surface area contributed by atoms with Crippen LogP contribution in [0.4, 0.5) is 0 Å². The number of alkyl halides is 1. The van der Waals surface area contributed by atoms with E-state index in [4.69, 9.17) is 11.6 Å². The van der Waals surface area contributed by atoms with E-state index in [9.17, 15) is 0 Å². The minimum Gasteiger partial charge on any atom is -0.307 e. The van der Waals surface area contributed by atoms with Gasteiger partial charge in [0.2, 0.25) is 0 Å². The zero-order valence-corrected chi connectivity index (χ0v) is 13.0. The second kappa shape index (κ2) is 5.86. The lowest BCUT2D eigenvalue weighted by molar-refractivity contribution is 0.730. The highest BCUT2D eigenvalue weighted by Crippen LogP contribution is 2.25. The van der Waals surface area contributed by atoms with Crippen molar-refractivity contribution in [2.24, 2.45) is 0 Å². The van der Waals surface area contributed by atoms with E-state index in [1.807, 2.05) is 19.1 Å². The van der Waals surface area contributed by atoms with Gasteiger partial charge in [-0.1, -0.05) is 31.2 Å². The summed E-state index contributed by atoms with van der Waals surface area (Å²) in [5.41, 5.74) is 4.44. The summed E-state index contributed by atoms with van der Waals surface area (Å²) >= 11 is 6.31. The Balaban J connectivity index is 2.13. The predicted molar refractivity (Wildman–Crippen MR) is 86.7 cm³/mol. The van der Waals surface area contributed by atoms with Crippen molar-refractivity contribution in [3.63, 3.8) is 0 Å². The second-order valence-corrected chi connectivity index (χ2v) is 5.80. The molecule has 2 heterocycles. The molecule has 2 aromatic heterocycles. The zero-order chi connectivity index (χ0) is 14.8. The summed E-state index contributed by atoms with van der Waals surface area (Å²) < 4.78 is 2.13. The number of aromatic nitrogens is 3. The number of hydrogen-bond donors (Lipinski definition) is 0. The van der Waals surface area contributed by atoms with Crippen molar-refractivity contribution >= 4 is 22.8 Å². The van der Waals surface area contributed by atoms with Crippen molar-refractivity contribution in [2.75, 3.05) is 0 Å². The fraction of sp³-hybridized carbons (Fsp3) is 0.294. The van der Waals surface area contributed by atoms with Crippen LogP contribution in [0.15, 0.2) is 42.6 Å². The van der Waals surface area contributed by atoms with Gasteiger partial charge in [0.25, 0.3) is 0 Å². The van der Waals surface area contributed by atoms with Crippen LogP contribution in [-0.4, -0.2) is 14.5 Å². The van der Waals surface area contributed by atoms with Crippen LogP contribution in [0.5, 0.6) is 0 Å². The van der Waals surface area contributed by atoms with Gasteiger partial charge in [-0.05, 0) is 36.6 Å². The summed E-state index contributed by atoms with van der Waals surface area (Å²) in [5, 5.41) is -0.145. The van der Waals surface area contributed by atoms with E-state index in [1.165, 1.54) is 11.1 Å². The van der Waals surface area contributed by atoms with Crippen LogP contribution < -0.4 is 0 Å². The molecule has 0 fully saturated rings. The number of fused-ring (bicyclic) bond motifs is 1. The van der Waals surface area contributed by atoms with Crippen molar-refractivity contribution < 1.29 is 0 Å². The van der Waals surface area contributed by atoms with Gasteiger partial charge in [0.15, 0.2) is 5.65 Å². The Morgan fingerprint density at radius 1 is 1.14 bits per heavy atom. The largest absolute Gasteiger partial charge is 0.307 e. The molecule has 0 aliphatic carbocycles. The summed E-state index contributed by atoms with van der Waals surface area (Å²) in [4.78, 5) is 9.11. The number of nitrogens with zero attached hydrogens (tertiary/aromatic N) is 3. The number of imidazole rings is 1. The molecule has 0 aliphatic rings. The highest BCUT2D eigenvalue weighted by molar-refractivity contribution is 6.20. The minimum atomic E-state index is -0.145. The summed E-state index contributed by atoms with van der Waals surface area (Å²) in [5.74, 6) is 0.872. The standard InChI is InChI=1S/C17H18ClN3/c1-3-13-7-4-5-8-14(13)11-21-16(12(2)18)20-15-9-6-10-19-17(15)21/h4-10,12H,3,11H2,1-2H3. The first-order chi connectivity index (χ1) is 10.2. The molecule has 3 rings (SSSR count). The van der Waals surface area contributed by atoms with Gasteiger partial charge in [-0.3, -0.25) is 0 Å². The number of halogens is 1. The summed E-state index contributed by atoms with van der Waals surface area (Å²) in [7, 11) is 0. The third-order valence-corrected chi connectivity index (χ3v) is 3.91. The lowest BCUT2D eigenvalue weighted by Gasteiger charge is -2.12. The topological polar surface area (TPSA) is 30.7 Å². The lowest BCUT2D eigenvalue weighted by atomic mass is 10.1. The fourth-order valence-corrected chi connectivity index (χ4v) is 2.83. The van der Waals surface area contributed by atoms with Crippen LogP contribution >= 0.6 is 11.6 Å². The smallest absolute Gasteiger partial charge is 0.160 e. The molecule has 0 saturated heterocycles. The van der Waals surface area contributed by atoms with E-state index in [-0.39, 0.29) is 5.38 Å². The van der Waals surface area contributed by atoms with E-state index in [0.717, 1.165) is 30.0 Å². The number of rotatable bonds is 4. The normalized spacial score (nSPS) is 12.7. The zero-order valence-electron chi connectivity index (χ0n) is 12.3. The lowest BCUT2D eigenvalue weighted by Crippen LogP contribution is -2.08. The molecule has 21 heavy (non-hydrogen) atoms. The first kappa shape index (κ1) is 14.1. The molecule has 4 heteroatoms. The van der Waals surface area contributed by atoms with E-state index < -0.39 is 0 Å². The molecule has 3 nitrogen and oxygen atoms in total. The Kier molecular flexibility index (Phi) is 3.93. The van der Waals surface area contributed by atoms with Gasteiger partial charge in [-0.15, -0.1) is 11.6 Å². The Morgan fingerprint density at radius 3 is 2.62 bits per heavy atom. The van der Waals surface area contributed by atoms with Crippen molar-refractivity contribution in [3.05, 3.63) is 59.5 Å².